The van der Waals surface area contributed by atoms with Crippen molar-refractivity contribution >= 4 is 23.2 Å². The van der Waals surface area contributed by atoms with Crippen LogP contribution in [0.2, 0.25) is 0 Å². The highest BCUT2D eigenvalue weighted by molar-refractivity contribution is 6.10. The zero-order valence-electron chi connectivity index (χ0n) is 16.1. The molecule has 2 aliphatic heterocycles. The molecule has 7 heteroatoms. The van der Waals surface area contributed by atoms with Gasteiger partial charge in [0.05, 0.1) is 32.1 Å². The van der Waals surface area contributed by atoms with Gasteiger partial charge in [0.2, 0.25) is 5.91 Å². The lowest BCUT2D eigenvalue weighted by Crippen LogP contribution is -3.13. The van der Waals surface area contributed by atoms with Gasteiger partial charge >= 0.3 is 0 Å². The summed E-state index contributed by atoms with van der Waals surface area (Å²) in [7, 11) is 3.26. The average molecular weight is 382 g/mol. The van der Waals surface area contributed by atoms with E-state index in [2.05, 4.69) is 5.32 Å². The molecular weight excluding hydrogens is 358 g/mol. The van der Waals surface area contributed by atoms with Gasteiger partial charge in [-0.15, -0.1) is 0 Å². The van der Waals surface area contributed by atoms with Gasteiger partial charge in [0, 0.05) is 12.0 Å². The normalized spacial score (nSPS) is 18.0. The molecule has 2 aromatic rings. The van der Waals surface area contributed by atoms with Gasteiger partial charge in [-0.1, -0.05) is 12.1 Å². The van der Waals surface area contributed by atoms with Crippen molar-refractivity contribution in [2.75, 3.05) is 44.1 Å². The van der Waals surface area contributed by atoms with Crippen LogP contribution in [-0.2, 0) is 22.6 Å². The second-order valence-corrected chi connectivity index (χ2v) is 7.12. The van der Waals surface area contributed by atoms with Gasteiger partial charge < -0.3 is 19.7 Å². The third-order valence-electron chi connectivity index (χ3n) is 5.37. The summed E-state index contributed by atoms with van der Waals surface area (Å²) in [5, 5.41) is 2.82. The minimum atomic E-state index is -0.164. The number of para-hydroxylation sites is 2. The minimum absolute atomic E-state index is 0.0405. The van der Waals surface area contributed by atoms with Crippen LogP contribution in [0.15, 0.2) is 36.4 Å². The lowest BCUT2D eigenvalue weighted by Gasteiger charge is -2.31. The van der Waals surface area contributed by atoms with Gasteiger partial charge in [0.15, 0.2) is 18.0 Å². The molecule has 2 amide bonds. The van der Waals surface area contributed by atoms with Crippen LogP contribution < -0.4 is 24.6 Å². The van der Waals surface area contributed by atoms with E-state index in [0.29, 0.717) is 18.0 Å². The number of amides is 2. The molecule has 0 saturated heterocycles. The maximum atomic E-state index is 13.0. The first-order valence-electron chi connectivity index (χ1n) is 9.35. The van der Waals surface area contributed by atoms with Crippen molar-refractivity contribution in [1.82, 2.24) is 0 Å². The molecule has 2 aliphatic rings. The highest BCUT2D eigenvalue weighted by Crippen LogP contribution is 2.31. The lowest BCUT2D eigenvalue weighted by molar-refractivity contribution is -0.907. The van der Waals surface area contributed by atoms with Crippen LogP contribution in [0.1, 0.15) is 11.1 Å². The number of nitrogens with one attached hydrogen (secondary N) is 2. The molecule has 28 heavy (non-hydrogen) atoms. The molecule has 2 aromatic carbocycles. The van der Waals surface area contributed by atoms with Crippen LogP contribution in [-0.4, -0.2) is 45.7 Å². The van der Waals surface area contributed by atoms with Crippen molar-refractivity contribution in [3.8, 4) is 11.5 Å². The zero-order valence-corrected chi connectivity index (χ0v) is 16.1. The third kappa shape index (κ3) is 3.41. The van der Waals surface area contributed by atoms with E-state index in [1.807, 2.05) is 36.4 Å². The van der Waals surface area contributed by atoms with E-state index in [4.69, 9.17) is 9.47 Å². The highest BCUT2D eigenvalue weighted by Gasteiger charge is 2.30. The molecule has 7 nitrogen and oxygen atoms in total. The van der Waals surface area contributed by atoms with Gasteiger partial charge in [0.25, 0.3) is 5.91 Å². The molecule has 146 valence electrons. The Kier molecular flexibility index (Phi) is 4.92. The third-order valence-corrected chi connectivity index (χ3v) is 5.37. The fourth-order valence-electron chi connectivity index (χ4n) is 3.95. The molecule has 2 N–H and O–H groups in total. The molecule has 0 aliphatic carbocycles. The highest BCUT2D eigenvalue weighted by atomic mass is 16.5. The number of fused-ring (bicyclic) bond motifs is 2. The lowest BCUT2D eigenvalue weighted by atomic mass is 9.98. The molecule has 0 fully saturated rings. The number of quaternary nitrogens is 1. The second-order valence-electron chi connectivity index (χ2n) is 7.12. The fraction of sp³-hybridized carbons (Fsp3) is 0.333. The molecule has 1 unspecified atom stereocenters. The predicted molar refractivity (Wildman–Crippen MR) is 105 cm³/mol. The van der Waals surface area contributed by atoms with E-state index in [1.54, 1.807) is 19.1 Å². The number of carbonyl (C=O) groups is 2. The van der Waals surface area contributed by atoms with Crippen LogP contribution in [0, 0.1) is 0 Å². The first-order valence-corrected chi connectivity index (χ1v) is 9.35. The van der Waals surface area contributed by atoms with E-state index >= 15 is 0 Å². The molecule has 0 radical (unpaired) electrons. The number of hydrogen-bond acceptors (Lipinski definition) is 4. The molecule has 0 aromatic heterocycles. The molecule has 4 rings (SSSR count). The first-order chi connectivity index (χ1) is 13.6. The van der Waals surface area contributed by atoms with Crippen LogP contribution in [0.4, 0.5) is 11.4 Å². The van der Waals surface area contributed by atoms with E-state index < -0.39 is 0 Å². The Labute approximate surface area is 163 Å². The molecule has 0 bridgehead atoms. The molecule has 1 atom stereocenters. The number of nitrogens with zero attached hydrogens (tertiary/aromatic N) is 1. The summed E-state index contributed by atoms with van der Waals surface area (Å²) < 4.78 is 10.8. The summed E-state index contributed by atoms with van der Waals surface area (Å²) in [5.74, 6) is 1.23. The maximum Gasteiger partial charge on any atom is 0.282 e. The number of rotatable bonds is 4. The van der Waals surface area contributed by atoms with Crippen LogP contribution in [0.3, 0.4) is 0 Å². The van der Waals surface area contributed by atoms with Crippen molar-refractivity contribution in [3.63, 3.8) is 0 Å². The summed E-state index contributed by atoms with van der Waals surface area (Å²) in [5.41, 5.74) is 3.85. The van der Waals surface area contributed by atoms with E-state index in [-0.39, 0.29) is 18.4 Å². The minimum Gasteiger partial charge on any atom is -0.493 e. The summed E-state index contributed by atoms with van der Waals surface area (Å²) in [6.45, 7) is 2.00. The largest absolute Gasteiger partial charge is 0.493 e. The SMILES string of the molecule is COc1cc2c(cc1OC)C[NH+](CC(=O)N1CC(=O)Nc3ccccc31)CC2. The summed E-state index contributed by atoms with van der Waals surface area (Å²) in [4.78, 5) is 27.7. The Hall–Kier alpha value is -3.06. The number of methoxy groups -OCH3 is 2. The van der Waals surface area contributed by atoms with Gasteiger partial charge in [0.1, 0.15) is 13.1 Å². The topological polar surface area (TPSA) is 72.3 Å². The molecular formula is C21H24N3O4+. The predicted octanol–water partition coefficient (Wildman–Crippen LogP) is 0.630. The summed E-state index contributed by atoms with van der Waals surface area (Å²) in [6, 6.07) is 11.4. The van der Waals surface area contributed by atoms with Crippen LogP contribution in [0.5, 0.6) is 11.5 Å². The smallest absolute Gasteiger partial charge is 0.282 e. The van der Waals surface area contributed by atoms with Gasteiger partial charge in [-0.3, -0.25) is 14.5 Å². The van der Waals surface area contributed by atoms with E-state index in [0.717, 1.165) is 30.9 Å². The van der Waals surface area contributed by atoms with Crippen molar-refractivity contribution in [2.24, 2.45) is 0 Å². The van der Waals surface area contributed by atoms with Crippen molar-refractivity contribution in [2.45, 2.75) is 13.0 Å². The Morgan fingerprint density at radius 3 is 2.61 bits per heavy atom. The first kappa shape index (κ1) is 18.3. The summed E-state index contributed by atoms with van der Waals surface area (Å²) in [6.07, 6.45) is 0.870. The number of ether oxygens (including phenoxy) is 2. The number of hydrogen-bond donors (Lipinski definition) is 2. The number of carbonyl (C=O) groups excluding carboxylic acids is 2. The maximum absolute atomic E-state index is 13.0. The zero-order chi connectivity index (χ0) is 19.7. The van der Waals surface area contributed by atoms with Gasteiger partial charge in [-0.2, -0.15) is 0 Å². The quantitative estimate of drug-likeness (QED) is 0.814. The van der Waals surface area contributed by atoms with Crippen molar-refractivity contribution in [1.29, 1.82) is 0 Å². The van der Waals surface area contributed by atoms with Crippen LogP contribution in [0.25, 0.3) is 0 Å². The Morgan fingerprint density at radius 2 is 1.86 bits per heavy atom. The van der Waals surface area contributed by atoms with Crippen molar-refractivity contribution in [3.05, 3.63) is 47.5 Å². The standard InChI is InChI=1S/C21H23N3O4/c1-27-18-9-14-7-8-23(11-15(14)10-19(18)28-2)13-21(26)24-12-20(25)22-16-5-3-4-6-17(16)24/h3-6,9-10H,7-8,11-13H2,1-2H3,(H,22,25)/p+1. The monoisotopic (exact) mass is 382 g/mol. The fourth-order valence-corrected chi connectivity index (χ4v) is 3.95. The Balaban J connectivity index is 1.50. The van der Waals surface area contributed by atoms with Crippen molar-refractivity contribution < 1.29 is 24.0 Å². The second kappa shape index (κ2) is 7.52. The molecule has 0 saturated carbocycles. The average Bonchev–Trinajstić information content (AvgIpc) is 2.71. The van der Waals surface area contributed by atoms with E-state index in [9.17, 15) is 9.59 Å². The van der Waals surface area contributed by atoms with Gasteiger partial charge in [-0.05, 0) is 29.8 Å². The van der Waals surface area contributed by atoms with Crippen LogP contribution >= 0.6 is 0 Å². The van der Waals surface area contributed by atoms with E-state index in [1.165, 1.54) is 16.0 Å². The molecule has 2 heterocycles. The summed E-state index contributed by atoms with van der Waals surface area (Å²) >= 11 is 0. The number of benzene rings is 2. The Bertz CT molecular complexity index is 928. The Morgan fingerprint density at radius 1 is 1.14 bits per heavy atom. The number of anilines is 2. The van der Waals surface area contributed by atoms with Gasteiger partial charge in [-0.25, -0.2) is 0 Å². The molecule has 0 spiro atoms.